The van der Waals surface area contributed by atoms with E-state index in [2.05, 4.69) is 53.2 Å². The highest BCUT2D eigenvalue weighted by atomic mass is 79.9. The van der Waals surface area contributed by atoms with Gasteiger partial charge in [0.15, 0.2) is 0 Å². The van der Waals surface area contributed by atoms with Gasteiger partial charge in [0.1, 0.15) is 0 Å². The van der Waals surface area contributed by atoms with Crippen molar-refractivity contribution in [3.63, 3.8) is 0 Å². The monoisotopic (exact) mass is 375 g/mol. The van der Waals surface area contributed by atoms with Crippen molar-refractivity contribution in [1.82, 2.24) is 15.1 Å². The highest BCUT2D eigenvalue weighted by molar-refractivity contribution is 9.11. The van der Waals surface area contributed by atoms with Crippen LogP contribution in [-0.4, -0.2) is 16.3 Å². The lowest BCUT2D eigenvalue weighted by Crippen LogP contribution is -2.25. The number of hydrogen-bond acceptors (Lipinski definition) is 3. The summed E-state index contributed by atoms with van der Waals surface area (Å²) in [5.74, 6) is 0. The van der Waals surface area contributed by atoms with Gasteiger partial charge in [0.05, 0.1) is 26.7 Å². The van der Waals surface area contributed by atoms with Crippen molar-refractivity contribution < 1.29 is 0 Å². The van der Waals surface area contributed by atoms with E-state index in [1.807, 2.05) is 4.68 Å². The minimum Gasteiger partial charge on any atom is -0.304 e. The summed E-state index contributed by atoms with van der Waals surface area (Å²) in [5.41, 5.74) is 2.31. The van der Waals surface area contributed by atoms with E-state index in [-0.39, 0.29) is 6.04 Å². The van der Waals surface area contributed by atoms with Gasteiger partial charge in [0, 0.05) is 11.4 Å². The first-order chi connectivity index (χ1) is 9.58. The molecule has 0 radical (unpaired) electrons. The Labute approximate surface area is 137 Å². The van der Waals surface area contributed by atoms with Gasteiger partial charge >= 0.3 is 0 Å². The molecule has 0 aromatic carbocycles. The third-order valence-electron chi connectivity index (χ3n) is 3.17. The second kappa shape index (κ2) is 7.07. The predicted molar refractivity (Wildman–Crippen MR) is 89.8 cm³/mol. The van der Waals surface area contributed by atoms with Gasteiger partial charge in [-0.1, -0.05) is 18.5 Å². The molecule has 110 valence electrons. The Morgan fingerprint density at radius 2 is 2.25 bits per heavy atom. The van der Waals surface area contributed by atoms with Crippen LogP contribution in [-0.2, 0) is 6.54 Å². The van der Waals surface area contributed by atoms with Gasteiger partial charge in [-0.3, -0.25) is 4.68 Å². The lowest BCUT2D eigenvalue weighted by molar-refractivity contribution is 0.534. The topological polar surface area (TPSA) is 29.9 Å². The molecule has 0 spiro atoms. The van der Waals surface area contributed by atoms with Crippen LogP contribution in [0.5, 0.6) is 0 Å². The van der Waals surface area contributed by atoms with Gasteiger partial charge in [0.25, 0.3) is 0 Å². The third-order valence-corrected chi connectivity index (χ3v) is 5.66. The highest BCUT2D eigenvalue weighted by Gasteiger charge is 2.23. The Hall–Kier alpha value is -0.360. The lowest BCUT2D eigenvalue weighted by Gasteiger charge is -2.19. The smallest absolute Gasteiger partial charge is 0.0857 e. The van der Waals surface area contributed by atoms with E-state index in [0.29, 0.717) is 0 Å². The Morgan fingerprint density at radius 3 is 2.80 bits per heavy atom. The molecule has 1 unspecified atom stereocenters. The van der Waals surface area contributed by atoms with Crippen LogP contribution in [0.4, 0.5) is 0 Å². The number of hydrogen-bond donors (Lipinski definition) is 1. The number of nitrogens with zero attached hydrogens (tertiary/aromatic N) is 2. The first-order valence-corrected chi connectivity index (χ1v) is 8.77. The maximum Gasteiger partial charge on any atom is 0.0857 e. The number of nitrogens with one attached hydrogen (secondary N) is 1. The number of halogens is 2. The quantitative estimate of drug-likeness (QED) is 0.786. The average Bonchev–Trinajstić information content (AvgIpc) is 2.95. The molecule has 2 aromatic heterocycles. The Bertz CT molecular complexity index is 559. The molecule has 3 nitrogen and oxygen atoms in total. The molecule has 2 aromatic rings. The van der Waals surface area contributed by atoms with Crippen LogP contribution in [0.25, 0.3) is 0 Å². The maximum absolute atomic E-state index is 6.36. The Balaban J connectivity index is 2.43. The largest absolute Gasteiger partial charge is 0.304 e. The van der Waals surface area contributed by atoms with E-state index < -0.39 is 0 Å². The summed E-state index contributed by atoms with van der Waals surface area (Å²) in [6, 6.07) is 2.31. The van der Waals surface area contributed by atoms with E-state index in [9.17, 15) is 0 Å². The molecule has 0 aliphatic carbocycles. The van der Waals surface area contributed by atoms with Crippen molar-refractivity contribution in [1.29, 1.82) is 0 Å². The van der Waals surface area contributed by atoms with Gasteiger partial charge in [-0.05, 0) is 54.4 Å². The summed E-state index contributed by atoms with van der Waals surface area (Å²) in [6.07, 6.45) is 2.82. The van der Waals surface area contributed by atoms with E-state index in [0.717, 1.165) is 30.2 Å². The third kappa shape index (κ3) is 3.27. The zero-order valence-electron chi connectivity index (χ0n) is 11.9. The SMILES string of the molecule is CCCNC(c1cc(C)c(Br)s1)c1c(Cl)cnn1CC. The number of aryl methyl sites for hydroxylation is 2. The van der Waals surface area contributed by atoms with Gasteiger partial charge in [-0.25, -0.2) is 0 Å². The molecule has 0 saturated heterocycles. The van der Waals surface area contributed by atoms with Crippen molar-refractivity contribution in [2.75, 3.05) is 6.54 Å². The first-order valence-electron chi connectivity index (χ1n) is 6.78. The minimum atomic E-state index is 0.0971. The summed E-state index contributed by atoms with van der Waals surface area (Å²) >= 11 is 11.7. The second-order valence-electron chi connectivity index (χ2n) is 4.69. The van der Waals surface area contributed by atoms with Gasteiger partial charge < -0.3 is 5.32 Å². The fourth-order valence-corrected chi connectivity index (χ4v) is 4.06. The average molecular weight is 377 g/mol. The zero-order valence-corrected chi connectivity index (χ0v) is 15.1. The Kier molecular flexibility index (Phi) is 5.66. The standard InChI is InChI=1S/C14H19BrClN3S/c1-4-6-17-12(11-7-9(3)14(15)20-11)13-10(16)8-18-19(13)5-2/h7-8,12,17H,4-6H2,1-3H3. The number of aromatic nitrogens is 2. The molecule has 0 amide bonds. The van der Waals surface area contributed by atoms with Crippen LogP contribution in [0.2, 0.25) is 5.02 Å². The van der Waals surface area contributed by atoms with Crippen LogP contribution < -0.4 is 5.32 Å². The molecule has 2 rings (SSSR count). The molecular formula is C14H19BrClN3S. The van der Waals surface area contributed by atoms with E-state index >= 15 is 0 Å². The second-order valence-corrected chi connectivity index (χ2v) is 7.50. The van der Waals surface area contributed by atoms with Gasteiger partial charge in [-0.15, -0.1) is 11.3 Å². The Morgan fingerprint density at radius 1 is 1.50 bits per heavy atom. The van der Waals surface area contributed by atoms with Crippen LogP contribution in [0.1, 0.15) is 42.4 Å². The number of rotatable bonds is 6. The molecule has 0 aliphatic heterocycles. The van der Waals surface area contributed by atoms with E-state index in [4.69, 9.17) is 11.6 Å². The van der Waals surface area contributed by atoms with Crippen molar-refractivity contribution in [2.45, 2.75) is 39.8 Å². The van der Waals surface area contributed by atoms with Crippen LogP contribution in [0.15, 0.2) is 16.0 Å². The van der Waals surface area contributed by atoms with Crippen molar-refractivity contribution in [3.05, 3.63) is 37.2 Å². The summed E-state index contributed by atoms with van der Waals surface area (Å²) in [7, 11) is 0. The molecule has 20 heavy (non-hydrogen) atoms. The molecule has 0 aliphatic rings. The van der Waals surface area contributed by atoms with Crippen LogP contribution >= 0.6 is 38.9 Å². The fourth-order valence-electron chi connectivity index (χ4n) is 2.16. The molecular weight excluding hydrogens is 358 g/mol. The normalized spacial score (nSPS) is 12.8. The lowest BCUT2D eigenvalue weighted by atomic mass is 10.1. The molecule has 0 bridgehead atoms. The summed E-state index contributed by atoms with van der Waals surface area (Å²) < 4.78 is 3.15. The van der Waals surface area contributed by atoms with Gasteiger partial charge in [0.2, 0.25) is 0 Å². The zero-order chi connectivity index (χ0) is 14.7. The van der Waals surface area contributed by atoms with Crippen molar-refractivity contribution >= 4 is 38.9 Å². The summed E-state index contributed by atoms with van der Waals surface area (Å²) in [6.45, 7) is 8.12. The number of thiophene rings is 1. The van der Waals surface area contributed by atoms with Gasteiger partial charge in [-0.2, -0.15) is 5.10 Å². The predicted octanol–water partition coefficient (Wildman–Crippen LogP) is 4.78. The highest BCUT2D eigenvalue weighted by Crippen LogP contribution is 2.36. The minimum absolute atomic E-state index is 0.0971. The molecule has 0 fully saturated rings. The summed E-state index contributed by atoms with van der Waals surface area (Å²) in [4.78, 5) is 1.26. The summed E-state index contributed by atoms with van der Waals surface area (Å²) in [5, 5.41) is 8.67. The molecule has 6 heteroatoms. The maximum atomic E-state index is 6.36. The van der Waals surface area contributed by atoms with E-state index in [1.165, 1.54) is 14.2 Å². The van der Waals surface area contributed by atoms with Crippen molar-refractivity contribution in [3.8, 4) is 0 Å². The fraction of sp³-hybridized carbons (Fsp3) is 0.500. The molecule has 0 saturated carbocycles. The van der Waals surface area contributed by atoms with Crippen LogP contribution in [0.3, 0.4) is 0 Å². The van der Waals surface area contributed by atoms with Crippen molar-refractivity contribution in [2.24, 2.45) is 0 Å². The van der Waals surface area contributed by atoms with Crippen LogP contribution in [0, 0.1) is 6.92 Å². The molecule has 2 heterocycles. The molecule has 1 atom stereocenters. The molecule has 1 N–H and O–H groups in total. The van der Waals surface area contributed by atoms with E-state index in [1.54, 1.807) is 17.5 Å². The first kappa shape index (κ1) is 16.0.